The molecule has 0 saturated carbocycles. The fourth-order valence-electron chi connectivity index (χ4n) is 5.72. The number of aromatic nitrogens is 2. The smallest absolute Gasteiger partial charge is 0.340 e. The van der Waals surface area contributed by atoms with Crippen LogP contribution in [0.2, 0.25) is 15.1 Å². The molecule has 0 fully saturated rings. The van der Waals surface area contributed by atoms with E-state index in [0.717, 1.165) is 28.7 Å². The van der Waals surface area contributed by atoms with Crippen molar-refractivity contribution in [2.75, 3.05) is 17.2 Å². The van der Waals surface area contributed by atoms with Crippen molar-refractivity contribution >= 4 is 68.2 Å². The molecule has 2 N–H and O–H groups in total. The fraction of sp³-hybridized carbons (Fsp3) is 0.293. The summed E-state index contributed by atoms with van der Waals surface area (Å²) in [6.07, 6.45) is 1.68. The highest BCUT2D eigenvalue weighted by atomic mass is 35.5. The fourth-order valence-corrected chi connectivity index (χ4v) is 7.61. The number of anilines is 2. The lowest BCUT2D eigenvalue weighted by Gasteiger charge is -2.23. The minimum absolute atomic E-state index is 0.00352. The molecule has 14 heteroatoms. The van der Waals surface area contributed by atoms with Crippen molar-refractivity contribution in [1.82, 2.24) is 9.78 Å². The zero-order chi connectivity index (χ0) is 40.3. The van der Waals surface area contributed by atoms with E-state index in [2.05, 4.69) is 63.3 Å². The van der Waals surface area contributed by atoms with Crippen LogP contribution in [0.1, 0.15) is 68.6 Å². The largest absolute Gasteiger partial charge is 0.483 e. The molecule has 55 heavy (non-hydrogen) atoms. The second kappa shape index (κ2) is 16.7. The van der Waals surface area contributed by atoms with Gasteiger partial charge in [0.05, 0.1) is 10.0 Å². The molecule has 1 aromatic heterocycles. The number of aryl methyl sites for hydroxylation is 1. The van der Waals surface area contributed by atoms with E-state index < -0.39 is 21.9 Å². The Morgan fingerprint density at radius 3 is 2.09 bits per heavy atom. The molecule has 0 bridgehead atoms. The van der Waals surface area contributed by atoms with E-state index in [-0.39, 0.29) is 60.3 Å². The quantitative estimate of drug-likeness (QED) is 0.120. The van der Waals surface area contributed by atoms with Crippen LogP contribution < -0.4 is 19.6 Å². The first-order valence-corrected chi connectivity index (χ1v) is 19.9. The summed E-state index contributed by atoms with van der Waals surface area (Å²) in [4.78, 5) is 26.4. The van der Waals surface area contributed by atoms with Gasteiger partial charge in [-0.05, 0) is 90.3 Å². The molecule has 5 aromatic rings. The second-order valence-corrected chi connectivity index (χ2v) is 18.4. The molecule has 10 nitrogen and oxygen atoms in total. The lowest BCUT2D eigenvalue weighted by atomic mass is 9.84. The highest BCUT2D eigenvalue weighted by Gasteiger charge is 2.25. The summed E-state index contributed by atoms with van der Waals surface area (Å²) in [5.74, 6) is -0.766. The van der Waals surface area contributed by atoms with Gasteiger partial charge in [-0.1, -0.05) is 112 Å². The van der Waals surface area contributed by atoms with Crippen LogP contribution in [0.25, 0.3) is 5.69 Å². The Balaban J connectivity index is 1.33. The molecule has 2 amide bonds. The summed E-state index contributed by atoms with van der Waals surface area (Å²) in [6, 6.07) is 22.5. The van der Waals surface area contributed by atoms with Crippen molar-refractivity contribution in [3.8, 4) is 17.3 Å². The average molecular weight is 826 g/mol. The minimum atomic E-state index is -4.36. The van der Waals surface area contributed by atoms with Gasteiger partial charge in [-0.25, -0.2) is 0 Å². The molecule has 0 aliphatic carbocycles. The van der Waals surface area contributed by atoms with Gasteiger partial charge >= 0.3 is 10.1 Å². The molecule has 0 aliphatic rings. The third-order valence-electron chi connectivity index (χ3n) is 7.96. The van der Waals surface area contributed by atoms with Gasteiger partial charge in [-0.2, -0.15) is 13.1 Å². The first-order valence-electron chi connectivity index (χ1n) is 17.4. The Labute approximate surface area is 337 Å². The van der Waals surface area contributed by atoms with Crippen molar-refractivity contribution in [1.29, 1.82) is 0 Å². The van der Waals surface area contributed by atoms with Crippen LogP contribution in [0.4, 0.5) is 11.5 Å². The van der Waals surface area contributed by atoms with Crippen molar-refractivity contribution < 1.29 is 26.9 Å². The van der Waals surface area contributed by atoms with Gasteiger partial charge in [0.15, 0.2) is 12.4 Å². The number of benzene rings is 4. The standard InChI is InChI=1S/C41H43Cl3N4O6S/c1-25-11-14-31(15-12-25)55(51,52)54-37-21-35(47-48(37)38-32(43)19-29(42)20-33(38)44)46-39(50)27-9-8-10-30(18-27)45-36(49)24-53-34-16-13-26(22-40(2,3)4)17-28(34)23-41(5,6)7/h8-21H,22-24H2,1-7H3,(H,45,49)(H,46,47,50). The molecule has 0 saturated heterocycles. The Hall–Kier alpha value is -4.55. The van der Waals surface area contributed by atoms with Crippen LogP contribution in [0.5, 0.6) is 11.6 Å². The number of carbonyl (C=O) groups excluding carboxylic acids is 2. The number of amides is 2. The number of nitrogens with zero attached hydrogens (tertiary/aromatic N) is 2. The van der Waals surface area contributed by atoms with Gasteiger partial charge in [0.25, 0.3) is 11.8 Å². The molecule has 290 valence electrons. The summed E-state index contributed by atoms with van der Waals surface area (Å²) in [6.45, 7) is 14.6. The van der Waals surface area contributed by atoms with Crippen LogP contribution in [0.15, 0.2) is 89.8 Å². The Morgan fingerprint density at radius 1 is 0.800 bits per heavy atom. The van der Waals surface area contributed by atoms with E-state index in [1.54, 1.807) is 30.3 Å². The lowest BCUT2D eigenvalue weighted by molar-refractivity contribution is -0.118. The van der Waals surface area contributed by atoms with Crippen LogP contribution >= 0.6 is 34.8 Å². The van der Waals surface area contributed by atoms with E-state index in [0.29, 0.717) is 11.4 Å². The predicted octanol–water partition coefficient (Wildman–Crippen LogP) is 10.4. The van der Waals surface area contributed by atoms with Gasteiger partial charge in [-0.15, -0.1) is 5.10 Å². The minimum Gasteiger partial charge on any atom is -0.483 e. The number of hydrogen-bond acceptors (Lipinski definition) is 7. The summed E-state index contributed by atoms with van der Waals surface area (Å²) in [5, 5.41) is 10.1. The Morgan fingerprint density at radius 2 is 1.45 bits per heavy atom. The number of ether oxygens (including phenoxy) is 1. The second-order valence-electron chi connectivity index (χ2n) is 15.6. The molecule has 0 aliphatic heterocycles. The first-order chi connectivity index (χ1) is 25.7. The normalized spacial score (nSPS) is 12.0. The number of nitrogens with one attached hydrogen (secondary N) is 2. The van der Waals surface area contributed by atoms with Crippen LogP contribution in [0, 0.1) is 17.8 Å². The summed E-state index contributed by atoms with van der Waals surface area (Å²) >= 11 is 19.1. The van der Waals surface area contributed by atoms with Gasteiger partial charge < -0.3 is 19.6 Å². The molecule has 0 spiro atoms. The third-order valence-corrected chi connectivity index (χ3v) is 10.00. The molecule has 0 radical (unpaired) electrons. The molecule has 5 rings (SSSR count). The van der Waals surface area contributed by atoms with E-state index in [1.807, 2.05) is 19.1 Å². The van der Waals surface area contributed by atoms with E-state index in [4.69, 9.17) is 43.7 Å². The Kier molecular flexibility index (Phi) is 12.6. The summed E-state index contributed by atoms with van der Waals surface area (Å²) in [5.41, 5.74) is 3.82. The van der Waals surface area contributed by atoms with E-state index in [9.17, 15) is 18.0 Å². The lowest BCUT2D eigenvalue weighted by Crippen LogP contribution is -2.21. The molecular weight excluding hydrogens is 783 g/mol. The zero-order valence-corrected chi connectivity index (χ0v) is 34.7. The maximum atomic E-state index is 13.5. The maximum Gasteiger partial charge on any atom is 0.340 e. The van der Waals surface area contributed by atoms with Gasteiger partial charge in [0.2, 0.25) is 5.88 Å². The molecule has 4 aromatic carbocycles. The number of carbonyl (C=O) groups is 2. The van der Waals surface area contributed by atoms with Gasteiger partial charge in [-0.3, -0.25) is 9.59 Å². The number of hydrogen-bond donors (Lipinski definition) is 2. The summed E-state index contributed by atoms with van der Waals surface area (Å²) < 4.78 is 39.1. The van der Waals surface area contributed by atoms with E-state index in [1.165, 1.54) is 42.0 Å². The average Bonchev–Trinajstić information content (AvgIpc) is 3.42. The van der Waals surface area contributed by atoms with Crippen LogP contribution in [0.3, 0.4) is 0 Å². The number of halogens is 3. The monoisotopic (exact) mass is 824 g/mol. The molecule has 0 atom stereocenters. The predicted molar refractivity (Wildman–Crippen MR) is 219 cm³/mol. The van der Waals surface area contributed by atoms with Crippen molar-refractivity contribution in [2.24, 2.45) is 10.8 Å². The van der Waals surface area contributed by atoms with Crippen molar-refractivity contribution in [3.05, 3.63) is 122 Å². The third kappa shape index (κ3) is 11.5. The van der Waals surface area contributed by atoms with Crippen LogP contribution in [-0.4, -0.2) is 36.6 Å². The highest BCUT2D eigenvalue weighted by Crippen LogP contribution is 2.36. The summed E-state index contributed by atoms with van der Waals surface area (Å²) in [7, 11) is -4.36. The van der Waals surface area contributed by atoms with Crippen molar-refractivity contribution in [3.63, 3.8) is 0 Å². The van der Waals surface area contributed by atoms with Gasteiger partial charge in [0.1, 0.15) is 16.3 Å². The van der Waals surface area contributed by atoms with Gasteiger partial charge in [0, 0.05) is 22.3 Å². The number of rotatable bonds is 12. The Bertz CT molecular complexity index is 2310. The zero-order valence-electron chi connectivity index (χ0n) is 31.6. The molecule has 0 unspecified atom stereocenters. The topological polar surface area (TPSA) is 129 Å². The van der Waals surface area contributed by atoms with Crippen LogP contribution in [-0.2, 0) is 27.8 Å². The highest BCUT2D eigenvalue weighted by molar-refractivity contribution is 7.87. The first kappa shape index (κ1) is 41.6. The molecule has 1 heterocycles. The maximum absolute atomic E-state index is 13.5. The SMILES string of the molecule is Cc1ccc(S(=O)(=O)Oc2cc(NC(=O)c3cccc(NC(=O)COc4ccc(CC(C)(C)C)cc4CC(C)(C)C)c3)nn2-c2c(Cl)cc(Cl)cc2Cl)cc1. The van der Waals surface area contributed by atoms with Crippen molar-refractivity contribution in [2.45, 2.75) is 66.2 Å². The molecular formula is C41H43Cl3N4O6S. The van der Waals surface area contributed by atoms with E-state index >= 15 is 0 Å².